The van der Waals surface area contributed by atoms with Crippen molar-refractivity contribution < 1.29 is 9.90 Å². The molecule has 0 aliphatic rings. The van der Waals surface area contributed by atoms with Gasteiger partial charge in [-0.15, -0.1) is 0 Å². The Morgan fingerprint density at radius 2 is 2.22 bits per heavy atom. The summed E-state index contributed by atoms with van der Waals surface area (Å²) in [5.41, 5.74) is 1.05. The zero-order valence-electron chi connectivity index (χ0n) is 10.6. The van der Waals surface area contributed by atoms with E-state index in [0.29, 0.717) is 13.0 Å². The standard InChI is InChI=1S/C13H17N3O2/c1-13(14-2,12(17)18)7-8-16-9-15-10-5-3-4-6-11(10)16/h3-6,9,14H,7-8H2,1-2H3,(H,17,18). The highest BCUT2D eigenvalue weighted by atomic mass is 16.4. The molecule has 1 unspecified atom stereocenters. The van der Waals surface area contributed by atoms with Gasteiger partial charge < -0.3 is 15.0 Å². The third-order valence-electron chi connectivity index (χ3n) is 3.40. The molecule has 2 aromatic rings. The average molecular weight is 247 g/mol. The predicted molar refractivity (Wildman–Crippen MR) is 69.5 cm³/mol. The van der Waals surface area contributed by atoms with Crippen molar-refractivity contribution >= 4 is 17.0 Å². The second-order valence-corrected chi connectivity index (χ2v) is 4.56. The van der Waals surface area contributed by atoms with Gasteiger partial charge in [-0.05, 0) is 32.5 Å². The summed E-state index contributed by atoms with van der Waals surface area (Å²) >= 11 is 0. The van der Waals surface area contributed by atoms with Crippen LogP contribution in [0.25, 0.3) is 11.0 Å². The molecule has 0 aliphatic heterocycles. The zero-order valence-corrected chi connectivity index (χ0v) is 10.6. The largest absolute Gasteiger partial charge is 0.480 e. The fraction of sp³-hybridized carbons (Fsp3) is 0.385. The molecule has 1 atom stereocenters. The van der Waals surface area contributed by atoms with Crippen molar-refractivity contribution in [1.82, 2.24) is 14.9 Å². The number of aromatic nitrogens is 2. The van der Waals surface area contributed by atoms with Crippen LogP contribution < -0.4 is 5.32 Å². The van der Waals surface area contributed by atoms with E-state index >= 15 is 0 Å². The first-order valence-corrected chi connectivity index (χ1v) is 5.89. The molecule has 1 aromatic carbocycles. The number of nitrogens with one attached hydrogen (secondary N) is 1. The van der Waals surface area contributed by atoms with Crippen LogP contribution in [0.1, 0.15) is 13.3 Å². The summed E-state index contributed by atoms with van der Waals surface area (Å²) in [4.78, 5) is 15.5. The van der Waals surface area contributed by atoms with E-state index in [-0.39, 0.29) is 0 Å². The van der Waals surface area contributed by atoms with E-state index in [0.717, 1.165) is 11.0 Å². The van der Waals surface area contributed by atoms with E-state index in [1.807, 2.05) is 28.8 Å². The molecule has 96 valence electrons. The van der Waals surface area contributed by atoms with E-state index in [1.54, 1.807) is 20.3 Å². The Morgan fingerprint density at radius 1 is 1.50 bits per heavy atom. The van der Waals surface area contributed by atoms with Gasteiger partial charge in [0.2, 0.25) is 0 Å². The van der Waals surface area contributed by atoms with Crippen molar-refractivity contribution in [3.8, 4) is 0 Å². The minimum absolute atomic E-state index is 0.499. The number of hydrogen-bond acceptors (Lipinski definition) is 3. The zero-order chi connectivity index (χ0) is 13.2. The van der Waals surface area contributed by atoms with Crippen LogP contribution in [0.4, 0.5) is 0 Å². The molecule has 2 rings (SSSR count). The van der Waals surface area contributed by atoms with Gasteiger partial charge in [0.1, 0.15) is 5.54 Å². The van der Waals surface area contributed by atoms with E-state index < -0.39 is 11.5 Å². The van der Waals surface area contributed by atoms with Crippen molar-refractivity contribution in [2.45, 2.75) is 25.4 Å². The lowest BCUT2D eigenvalue weighted by molar-refractivity contribution is -0.144. The van der Waals surface area contributed by atoms with Crippen molar-refractivity contribution in [3.05, 3.63) is 30.6 Å². The van der Waals surface area contributed by atoms with E-state index in [2.05, 4.69) is 10.3 Å². The number of carboxylic acids is 1. The van der Waals surface area contributed by atoms with E-state index in [9.17, 15) is 9.90 Å². The summed E-state index contributed by atoms with van der Waals surface area (Å²) in [6.07, 6.45) is 2.25. The molecule has 2 N–H and O–H groups in total. The number of likely N-dealkylation sites (N-methyl/N-ethyl adjacent to an activating group) is 1. The SMILES string of the molecule is CNC(C)(CCn1cnc2ccccc21)C(=O)O. The predicted octanol–water partition coefficient (Wildman–Crippen LogP) is 1.49. The lowest BCUT2D eigenvalue weighted by Crippen LogP contribution is -2.48. The van der Waals surface area contributed by atoms with Crippen LogP contribution in [-0.4, -0.2) is 33.2 Å². The maximum absolute atomic E-state index is 11.2. The summed E-state index contributed by atoms with van der Waals surface area (Å²) in [5.74, 6) is -0.838. The second kappa shape index (κ2) is 4.78. The highest BCUT2D eigenvalue weighted by molar-refractivity contribution is 5.78. The first-order valence-electron chi connectivity index (χ1n) is 5.89. The Kier molecular flexibility index (Phi) is 3.34. The normalized spacial score (nSPS) is 14.6. The fourth-order valence-corrected chi connectivity index (χ4v) is 1.87. The Hall–Kier alpha value is -1.88. The molecule has 0 saturated heterocycles. The average Bonchev–Trinajstić information content (AvgIpc) is 2.79. The van der Waals surface area contributed by atoms with Crippen molar-refractivity contribution in [2.75, 3.05) is 7.05 Å². The quantitative estimate of drug-likeness (QED) is 0.840. The van der Waals surface area contributed by atoms with Gasteiger partial charge in [0, 0.05) is 6.54 Å². The minimum Gasteiger partial charge on any atom is -0.480 e. The molecular weight excluding hydrogens is 230 g/mol. The summed E-state index contributed by atoms with van der Waals surface area (Å²) < 4.78 is 1.98. The molecule has 5 heteroatoms. The summed E-state index contributed by atoms with van der Waals surface area (Å²) in [6, 6.07) is 7.82. The Morgan fingerprint density at radius 3 is 2.89 bits per heavy atom. The van der Waals surface area contributed by atoms with Crippen LogP contribution >= 0.6 is 0 Å². The minimum atomic E-state index is -0.911. The monoisotopic (exact) mass is 247 g/mol. The molecule has 0 amide bonds. The van der Waals surface area contributed by atoms with Crippen molar-refractivity contribution in [1.29, 1.82) is 0 Å². The molecule has 0 aliphatic carbocycles. The number of aryl methyl sites for hydroxylation is 1. The van der Waals surface area contributed by atoms with Gasteiger partial charge in [-0.1, -0.05) is 12.1 Å². The number of benzene rings is 1. The molecule has 0 spiro atoms. The summed E-state index contributed by atoms with van der Waals surface area (Å²) in [6.45, 7) is 2.30. The summed E-state index contributed by atoms with van der Waals surface area (Å²) in [7, 11) is 1.67. The number of nitrogens with zero attached hydrogens (tertiary/aromatic N) is 2. The Labute approximate surface area is 105 Å². The molecular formula is C13H17N3O2. The highest BCUT2D eigenvalue weighted by Gasteiger charge is 2.30. The van der Waals surface area contributed by atoms with Crippen LogP contribution in [0.15, 0.2) is 30.6 Å². The summed E-state index contributed by atoms with van der Waals surface area (Å²) in [5, 5.41) is 12.0. The van der Waals surface area contributed by atoms with Crippen LogP contribution in [0.2, 0.25) is 0 Å². The lowest BCUT2D eigenvalue weighted by Gasteiger charge is -2.24. The molecule has 0 saturated carbocycles. The van der Waals surface area contributed by atoms with Crippen LogP contribution in [0, 0.1) is 0 Å². The molecule has 0 fully saturated rings. The first-order chi connectivity index (χ1) is 8.57. The number of rotatable bonds is 5. The number of imidazole rings is 1. The van der Waals surface area contributed by atoms with Gasteiger partial charge in [0.15, 0.2) is 0 Å². The highest BCUT2D eigenvalue weighted by Crippen LogP contribution is 2.16. The van der Waals surface area contributed by atoms with Gasteiger partial charge >= 0.3 is 5.97 Å². The molecule has 1 aromatic heterocycles. The molecule has 5 nitrogen and oxygen atoms in total. The molecule has 0 bridgehead atoms. The van der Waals surface area contributed by atoms with Gasteiger partial charge in [0.25, 0.3) is 0 Å². The Balaban J connectivity index is 2.17. The maximum Gasteiger partial charge on any atom is 0.323 e. The van der Waals surface area contributed by atoms with Crippen LogP contribution in [0.3, 0.4) is 0 Å². The smallest absolute Gasteiger partial charge is 0.323 e. The van der Waals surface area contributed by atoms with Gasteiger partial charge in [-0.2, -0.15) is 0 Å². The molecule has 0 radical (unpaired) electrons. The van der Waals surface area contributed by atoms with E-state index in [1.165, 1.54) is 0 Å². The number of carboxylic acid groups (broad SMARTS) is 1. The van der Waals surface area contributed by atoms with Crippen LogP contribution in [-0.2, 0) is 11.3 Å². The number of para-hydroxylation sites is 2. The van der Waals surface area contributed by atoms with E-state index in [4.69, 9.17) is 0 Å². The maximum atomic E-state index is 11.2. The lowest BCUT2D eigenvalue weighted by atomic mass is 9.98. The second-order valence-electron chi connectivity index (χ2n) is 4.56. The van der Waals surface area contributed by atoms with Crippen molar-refractivity contribution in [2.24, 2.45) is 0 Å². The number of carbonyl (C=O) groups is 1. The first kappa shape index (κ1) is 12.6. The third-order valence-corrected chi connectivity index (χ3v) is 3.40. The number of aliphatic carboxylic acids is 1. The van der Waals surface area contributed by atoms with Gasteiger partial charge in [0.05, 0.1) is 17.4 Å². The fourth-order valence-electron chi connectivity index (χ4n) is 1.87. The molecule has 1 heterocycles. The Bertz CT molecular complexity index is 564. The number of hydrogen-bond donors (Lipinski definition) is 2. The van der Waals surface area contributed by atoms with Crippen molar-refractivity contribution in [3.63, 3.8) is 0 Å². The van der Waals surface area contributed by atoms with Gasteiger partial charge in [-0.25, -0.2) is 4.98 Å². The van der Waals surface area contributed by atoms with Crippen LogP contribution in [0.5, 0.6) is 0 Å². The topological polar surface area (TPSA) is 67.2 Å². The third kappa shape index (κ3) is 2.22. The molecule has 18 heavy (non-hydrogen) atoms. The van der Waals surface area contributed by atoms with Gasteiger partial charge in [-0.3, -0.25) is 4.79 Å². The number of fused-ring (bicyclic) bond motifs is 1.